The van der Waals surface area contributed by atoms with Crippen LogP contribution in [0.1, 0.15) is 37.6 Å². The fourth-order valence-corrected chi connectivity index (χ4v) is 2.45. The summed E-state index contributed by atoms with van der Waals surface area (Å²) < 4.78 is 1.74. The van der Waals surface area contributed by atoms with Crippen LogP contribution >= 0.6 is 0 Å². The number of benzene rings is 1. The van der Waals surface area contributed by atoms with Crippen LogP contribution in [-0.4, -0.2) is 15.7 Å². The molecule has 0 aliphatic carbocycles. The van der Waals surface area contributed by atoms with Crippen LogP contribution in [0.3, 0.4) is 0 Å². The molecule has 0 saturated heterocycles. The van der Waals surface area contributed by atoms with Crippen molar-refractivity contribution < 1.29 is 4.79 Å². The maximum atomic E-state index is 12.7. The summed E-state index contributed by atoms with van der Waals surface area (Å²) in [6.07, 6.45) is 0.859. The van der Waals surface area contributed by atoms with Crippen molar-refractivity contribution in [3.63, 3.8) is 0 Å². The second kappa shape index (κ2) is 5.72. The van der Waals surface area contributed by atoms with Gasteiger partial charge in [0.15, 0.2) is 0 Å². The summed E-state index contributed by atoms with van der Waals surface area (Å²) in [5.74, 6) is 0.753. The van der Waals surface area contributed by atoms with Crippen molar-refractivity contribution in [2.45, 2.75) is 39.5 Å². The molecular formula is C17H23N3O. The molecule has 0 bridgehead atoms. The van der Waals surface area contributed by atoms with Crippen LogP contribution < -0.4 is 5.32 Å². The summed E-state index contributed by atoms with van der Waals surface area (Å²) in [7, 11) is 1.86. The maximum Gasteiger partial charge on any atom is 0.235 e. The monoisotopic (exact) mass is 285 g/mol. The molecule has 2 aromatic rings. The molecular weight excluding hydrogens is 262 g/mol. The van der Waals surface area contributed by atoms with E-state index >= 15 is 0 Å². The number of nitrogens with zero attached hydrogens (tertiary/aromatic N) is 2. The smallest absolute Gasteiger partial charge is 0.235 e. The molecule has 0 aliphatic rings. The van der Waals surface area contributed by atoms with E-state index in [0.717, 1.165) is 29.1 Å². The molecule has 0 fully saturated rings. The van der Waals surface area contributed by atoms with Crippen molar-refractivity contribution in [2.75, 3.05) is 5.32 Å². The van der Waals surface area contributed by atoms with Crippen LogP contribution in [0.5, 0.6) is 0 Å². The van der Waals surface area contributed by atoms with Crippen LogP contribution in [0, 0.1) is 6.92 Å². The quantitative estimate of drug-likeness (QED) is 0.937. The molecule has 4 nitrogen and oxygen atoms in total. The summed E-state index contributed by atoms with van der Waals surface area (Å²) >= 11 is 0. The van der Waals surface area contributed by atoms with Gasteiger partial charge in [0.05, 0.1) is 11.1 Å². The number of carbonyl (C=O) groups excluding carboxylic acids is 1. The Bertz CT molecular complexity index is 642. The zero-order valence-electron chi connectivity index (χ0n) is 13.4. The number of carbonyl (C=O) groups is 1. The highest BCUT2D eigenvalue weighted by molar-refractivity contribution is 5.98. The van der Waals surface area contributed by atoms with Crippen LogP contribution in [0.4, 0.5) is 5.82 Å². The van der Waals surface area contributed by atoms with Gasteiger partial charge in [0.1, 0.15) is 5.82 Å². The van der Waals surface area contributed by atoms with E-state index in [9.17, 15) is 4.79 Å². The predicted molar refractivity (Wildman–Crippen MR) is 85.4 cm³/mol. The molecule has 112 valence electrons. The van der Waals surface area contributed by atoms with Gasteiger partial charge in [-0.3, -0.25) is 9.48 Å². The number of aryl methyl sites for hydroxylation is 2. The van der Waals surface area contributed by atoms with Gasteiger partial charge in [-0.2, -0.15) is 5.10 Å². The van der Waals surface area contributed by atoms with E-state index < -0.39 is 5.41 Å². The van der Waals surface area contributed by atoms with Gasteiger partial charge in [-0.05, 0) is 32.8 Å². The average Bonchev–Trinajstić information content (AvgIpc) is 2.75. The minimum Gasteiger partial charge on any atom is -0.310 e. The van der Waals surface area contributed by atoms with Gasteiger partial charge in [0.25, 0.3) is 0 Å². The highest BCUT2D eigenvalue weighted by Crippen LogP contribution is 2.26. The number of hydrogen-bond acceptors (Lipinski definition) is 2. The van der Waals surface area contributed by atoms with E-state index in [1.807, 2.05) is 58.2 Å². The molecule has 0 radical (unpaired) electrons. The van der Waals surface area contributed by atoms with Crippen LogP contribution in [0.15, 0.2) is 30.3 Å². The molecule has 1 aromatic heterocycles. The number of anilines is 1. The first kappa shape index (κ1) is 15.3. The minimum absolute atomic E-state index is 0.0255. The zero-order valence-corrected chi connectivity index (χ0v) is 13.4. The standard InChI is InChI=1S/C17H23N3O/c1-6-14-12(2)15(20(5)19-14)18-16(21)17(3,4)13-10-8-7-9-11-13/h7-11H,6H2,1-5H3,(H,18,21). The van der Waals surface area contributed by atoms with Crippen LogP contribution in [-0.2, 0) is 23.7 Å². The first-order valence-corrected chi connectivity index (χ1v) is 7.27. The lowest BCUT2D eigenvalue weighted by Gasteiger charge is -2.24. The summed E-state index contributed by atoms with van der Waals surface area (Å²) in [5.41, 5.74) is 2.46. The topological polar surface area (TPSA) is 46.9 Å². The number of nitrogens with one attached hydrogen (secondary N) is 1. The third-order valence-corrected chi connectivity index (χ3v) is 4.01. The molecule has 1 amide bonds. The highest BCUT2D eigenvalue weighted by Gasteiger charge is 2.30. The zero-order chi connectivity index (χ0) is 15.6. The number of aromatic nitrogens is 2. The Labute approximate surface area is 126 Å². The maximum absolute atomic E-state index is 12.7. The number of amides is 1. The van der Waals surface area contributed by atoms with Crippen molar-refractivity contribution in [3.05, 3.63) is 47.2 Å². The second-order valence-corrected chi connectivity index (χ2v) is 5.84. The molecule has 21 heavy (non-hydrogen) atoms. The van der Waals surface area contributed by atoms with Crippen molar-refractivity contribution in [1.29, 1.82) is 0 Å². The van der Waals surface area contributed by atoms with Gasteiger partial charge in [-0.15, -0.1) is 0 Å². The van der Waals surface area contributed by atoms with E-state index in [-0.39, 0.29) is 5.91 Å². The minimum atomic E-state index is -0.593. The lowest BCUT2D eigenvalue weighted by molar-refractivity contribution is -0.120. The van der Waals surface area contributed by atoms with Gasteiger partial charge >= 0.3 is 0 Å². The predicted octanol–water partition coefficient (Wildman–Crippen LogP) is 3.21. The Morgan fingerprint density at radius 2 is 1.90 bits per heavy atom. The fraction of sp³-hybridized carbons (Fsp3) is 0.412. The molecule has 0 spiro atoms. The largest absolute Gasteiger partial charge is 0.310 e. The van der Waals surface area contributed by atoms with Gasteiger partial charge in [0, 0.05) is 12.6 Å². The van der Waals surface area contributed by atoms with Crippen LogP contribution in [0.25, 0.3) is 0 Å². The lowest BCUT2D eigenvalue weighted by atomic mass is 9.84. The van der Waals surface area contributed by atoms with E-state index in [1.165, 1.54) is 0 Å². The molecule has 0 atom stereocenters. The van der Waals surface area contributed by atoms with Crippen molar-refractivity contribution in [2.24, 2.45) is 7.05 Å². The molecule has 1 aromatic carbocycles. The lowest BCUT2D eigenvalue weighted by Crippen LogP contribution is -2.35. The third-order valence-electron chi connectivity index (χ3n) is 4.01. The Balaban J connectivity index is 2.28. The van der Waals surface area contributed by atoms with E-state index in [0.29, 0.717) is 0 Å². The van der Waals surface area contributed by atoms with Gasteiger partial charge in [0.2, 0.25) is 5.91 Å². The summed E-state index contributed by atoms with van der Waals surface area (Å²) in [6.45, 7) is 7.93. The molecule has 2 rings (SSSR count). The molecule has 0 unspecified atom stereocenters. The van der Waals surface area contributed by atoms with E-state index in [2.05, 4.69) is 17.3 Å². The third kappa shape index (κ3) is 2.84. The van der Waals surface area contributed by atoms with Crippen molar-refractivity contribution >= 4 is 11.7 Å². The summed E-state index contributed by atoms with van der Waals surface area (Å²) in [4.78, 5) is 12.7. The summed E-state index contributed by atoms with van der Waals surface area (Å²) in [6, 6.07) is 9.82. The van der Waals surface area contributed by atoms with Crippen LogP contribution in [0.2, 0.25) is 0 Å². The average molecular weight is 285 g/mol. The van der Waals surface area contributed by atoms with E-state index in [1.54, 1.807) is 4.68 Å². The van der Waals surface area contributed by atoms with Crippen molar-refractivity contribution in [1.82, 2.24) is 9.78 Å². The molecule has 1 heterocycles. The first-order chi connectivity index (χ1) is 9.87. The Morgan fingerprint density at radius 3 is 2.43 bits per heavy atom. The Hall–Kier alpha value is -2.10. The summed E-state index contributed by atoms with van der Waals surface area (Å²) in [5, 5.41) is 7.47. The van der Waals surface area contributed by atoms with Gasteiger partial charge in [-0.25, -0.2) is 0 Å². The fourth-order valence-electron chi connectivity index (χ4n) is 2.45. The number of rotatable bonds is 4. The second-order valence-electron chi connectivity index (χ2n) is 5.84. The first-order valence-electron chi connectivity index (χ1n) is 7.27. The highest BCUT2D eigenvalue weighted by atomic mass is 16.2. The normalized spacial score (nSPS) is 11.5. The Kier molecular flexibility index (Phi) is 4.16. The molecule has 1 N–H and O–H groups in total. The van der Waals surface area contributed by atoms with Gasteiger partial charge < -0.3 is 5.32 Å². The number of hydrogen-bond donors (Lipinski definition) is 1. The molecule has 0 saturated carbocycles. The molecule has 4 heteroatoms. The molecule has 0 aliphatic heterocycles. The van der Waals surface area contributed by atoms with E-state index in [4.69, 9.17) is 0 Å². The Morgan fingerprint density at radius 1 is 1.29 bits per heavy atom. The SMILES string of the molecule is CCc1nn(C)c(NC(=O)C(C)(C)c2ccccc2)c1C. The van der Waals surface area contributed by atoms with Gasteiger partial charge in [-0.1, -0.05) is 37.3 Å². The van der Waals surface area contributed by atoms with Crippen molar-refractivity contribution in [3.8, 4) is 0 Å².